The molecule has 1 saturated heterocycles. The normalized spacial score (nSPS) is 14.8. The SMILES string of the molecule is COc1cc(/C=C2/SC(=S)N(c3ccc(Br)cc3)C2=O)cc(I)c1OCc1ccccc1Cl. The van der Waals surface area contributed by atoms with E-state index in [0.29, 0.717) is 32.4 Å². The highest BCUT2D eigenvalue weighted by molar-refractivity contribution is 14.1. The Morgan fingerprint density at radius 3 is 2.61 bits per heavy atom. The van der Waals surface area contributed by atoms with Crippen LogP contribution in [0.5, 0.6) is 11.5 Å². The Hall–Kier alpha value is -1.59. The summed E-state index contributed by atoms with van der Waals surface area (Å²) in [6.07, 6.45) is 1.82. The van der Waals surface area contributed by atoms with Crippen LogP contribution in [-0.4, -0.2) is 17.3 Å². The summed E-state index contributed by atoms with van der Waals surface area (Å²) in [7, 11) is 1.59. The van der Waals surface area contributed by atoms with Gasteiger partial charge in [-0.15, -0.1) is 0 Å². The number of rotatable bonds is 6. The molecule has 0 aromatic heterocycles. The zero-order valence-electron chi connectivity index (χ0n) is 17.2. The van der Waals surface area contributed by atoms with Crippen LogP contribution in [-0.2, 0) is 11.4 Å². The highest BCUT2D eigenvalue weighted by Gasteiger charge is 2.33. The average molecular weight is 673 g/mol. The van der Waals surface area contributed by atoms with Gasteiger partial charge >= 0.3 is 0 Å². The quantitative estimate of drug-likeness (QED) is 0.153. The molecule has 168 valence electrons. The van der Waals surface area contributed by atoms with Crippen LogP contribution in [0.25, 0.3) is 6.08 Å². The van der Waals surface area contributed by atoms with E-state index in [0.717, 1.165) is 24.9 Å². The van der Waals surface area contributed by atoms with Gasteiger partial charge in [-0.3, -0.25) is 9.69 Å². The highest BCUT2D eigenvalue weighted by Crippen LogP contribution is 2.39. The van der Waals surface area contributed by atoms with Crippen LogP contribution >= 0.6 is 74.1 Å². The van der Waals surface area contributed by atoms with Crippen molar-refractivity contribution in [2.45, 2.75) is 6.61 Å². The van der Waals surface area contributed by atoms with Gasteiger partial charge in [-0.2, -0.15) is 0 Å². The molecule has 4 nitrogen and oxygen atoms in total. The van der Waals surface area contributed by atoms with E-state index in [2.05, 4.69) is 38.5 Å². The van der Waals surface area contributed by atoms with Gasteiger partial charge in [0, 0.05) is 15.1 Å². The zero-order chi connectivity index (χ0) is 23.5. The zero-order valence-corrected chi connectivity index (χ0v) is 23.3. The van der Waals surface area contributed by atoms with Crippen molar-refractivity contribution in [3.63, 3.8) is 0 Å². The number of amides is 1. The lowest BCUT2D eigenvalue weighted by Gasteiger charge is -2.15. The number of carbonyl (C=O) groups is 1. The third-order valence-electron chi connectivity index (χ3n) is 4.76. The molecule has 0 atom stereocenters. The fourth-order valence-electron chi connectivity index (χ4n) is 3.16. The third kappa shape index (κ3) is 5.57. The molecule has 33 heavy (non-hydrogen) atoms. The van der Waals surface area contributed by atoms with Crippen molar-refractivity contribution in [2.24, 2.45) is 0 Å². The minimum Gasteiger partial charge on any atom is -0.493 e. The van der Waals surface area contributed by atoms with E-state index in [4.69, 9.17) is 33.3 Å². The maximum absolute atomic E-state index is 13.1. The summed E-state index contributed by atoms with van der Waals surface area (Å²) in [5.41, 5.74) is 2.44. The maximum Gasteiger partial charge on any atom is 0.270 e. The van der Waals surface area contributed by atoms with Crippen molar-refractivity contribution in [3.8, 4) is 11.5 Å². The third-order valence-corrected chi connectivity index (χ3v) is 7.76. The Kier molecular flexibility index (Phi) is 8.01. The molecular weight excluding hydrogens is 657 g/mol. The Labute approximate surface area is 228 Å². The van der Waals surface area contributed by atoms with E-state index in [9.17, 15) is 4.79 Å². The topological polar surface area (TPSA) is 38.8 Å². The van der Waals surface area contributed by atoms with Crippen molar-refractivity contribution in [2.75, 3.05) is 12.0 Å². The molecule has 0 N–H and O–H groups in total. The van der Waals surface area contributed by atoms with Gasteiger partial charge < -0.3 is 9.47 Å². The van der Waals surface area contributed by atoms with Crippen molar-refractivity contribution in [1.29, 1.82) is 0 Å². The second-order valence-electron chi connectivity index (χ2n) is 6.91. The van der Waals surface area contributed by atoms with Gasteiger partial charge in [-0.1, -0.05) is 69.7 Å². The number of benzene rings is 3. The van der Waals surface area contributed by atoms with Crippen molar-refractivity contribution >= 4 is 96.1 Å². The molecule has 0 bridgehead atoms. The Balaban J connectivity index is 1.58. The lowest BCUT2D eigenvalue weighted by Crippen LogP contribution is -2.27. The molecule has 3 aromatic rings. The molecule has 0 aliphatic carbocycles. The molecule has 1 aliphatic rings. The van der Waals surface area contributed by atoms with Crippen LogP contribution < -0.4 is 14.4 Å². The standard InChI is InChI=1S/C24H16BrClINO3S2/c1-30-20-11-14(10-19(27)22(20)31-13-15-4-2-3-5-18(15)26)12-21-23(29)28(24(32)33-21)17-8-6-16(25)7-9-17/h2-12H,13H2,1H3/b21-12+. The summed E-state index contributed by atoms with van der Waals surface area (Å²) < 4.78 is 13.9. The van der Waals surface area contributed by atoms with E-state index >= 15 is 0 Å². The first kappa shape index (κ1) is 24.5. The number of thiocarbonyl (C=S) groups is 1. The van der Waals surface area contributed by atoms with Gasteiger partial charge in [-0.25, -0.2) is 0 Å². The Bertz CT molecular complexity index is 1270. The number of nitrogens with zero attached hydrogens (tertiary/aromatic N) is 1. The second kappa shape index (κ2) is 10.8. The predicted octanol–water partition coefficient (Wildman–Crippen LogP) is 7.70. The predicted molar refractivity (Wildman–Crippen MR) is 151 cm³/mol. The van der Waals surface area contributed by atoms with Crippen LogP contribution in [0.3, 0.4) is 0 Å². The number of thioether (sulfide) groups is 1. The van der Waals surface area contributed by atoms with E-state index in [1.807, 2.05) is 66.7 Å². The van der Waals surface area contributed by atoms with Gasteiger partial charge in [0.1, 0.15) is 6.61 Å². The summed E-state index contributed by atoms with van der Waals surface area (Å²) in [6, 6.07) is 18.8. The van der Waals surface area contributed by atoms with Crippen LogP contribution in [0, 0.1) is 3.57 Å². The monoisotopic (exact) mass is 671 g/mol. The average Bonchev–Trinajstić information content (AvgIpc) is 3.07. The second-order valence-corrected chi connectivity index (χ2v) is 11.1. The summed E-state index contributed by atoms with van der Waals surface area (Å²) in [6.45, 7) is 0.317. The Morgan fingerprint density at radius 1 is 1.18 bits per heavy atom. The summed E-state index contributed by atoms with van der Waals surface area (Å²) in [5.74, 6) is 1.04. The molecule has 4 rings (SSSR count). The lowest BCUT2D eigenvalue weighted by molar-refractivity contribution is -0.113. The molecule has 1 aliphatic heterocycles. The van der Waals surface area contributed by atoms with Crippen molar-refractivity contribution < 1.29 is 14.3 Å². The molecule has 0 unspecified atom stereocenters. The van der Waals surface area contributed by atoms with Gasteiger partial charge in [-0.05, 0) is 76.7 Å². The van der Waals surface area contributed by atoms with Gasteiger partial charge in [0.05, 0.1) is 21.3 Å². The summed E-state index contributed by atoms with van der Waals surface area (Å²) in [5, 5.41) is 0.649. The van der Waals surface area contributed by atoms with Gasteiger partial charge in [0.2, 0.25) is 0 Å². The lowest BCUT2D eigenvalue weighted by atomic mass is 10.1. The molecule has 1 heterocycles. The van der Waals surface area contributed by atoms with Crippen LogP contribution in [0.2, 0.25) is 5.02 Å². The summed E-state index contributed by atoms with van der Waals surface area (Å²) >= 11 is 18.6. The fourth-order valence-corrected chi connectivity index (χ4v) is 5.70. The maximum atomic E-state index is 13.1. The van der Waals surface area contributed by atoms with Crippen molar-refractivity contribution in [1.82, 2.24) is 0 Å². The van der Waals surface area contributed by atoms with Gasteiger partial charge in [0.15, 0.2) is 15.8 Å². The highest BCUT2D eigenvalue weighted by atomic mass is 127. The molecule has 0 saturated carbocycles. The van der Waals surface area contributed by atoms with Crippen LogP contribution in [0.4, 0.5) is 5.69 Å². The first-order valence-electron chi connectivity index (χ1n) is 9.64. The molecule has 1 amide bonds. The molecule has 3 aromatic carbocycles. The van der Waals surface area contributed by atoms with E-state index < -0.39 is 0 Å². The van der Waals surface area contributed by atoms with Crippen molar-refractivity contribution in [3.05, 3.63) is 89.8 Å². The van der Waals surface area contributed by atoms with Crippen LogP contribution in [0.1, 0.15) is 11.1 Å². The van der Waals surface area contributed by atoms with E-state index in [1.165, 1.54) is 11.8 Å². The van der Waals surface area contributed by atoms with Crippen LogP contribution in [0.15, 0.2) is 70.0 Å². The molecule has 0 spiro atoms. The number of hydrogen-bond acceptors (Lipinski definition) is 5. The first-order chi connectivity index (χ1) is 15.9. The van der Waals surface area contributed by atoms with E-state index in [-0.39, 0.29) is 5.91 Å². The number of ether oxygens (including phenoxy) is 2. The number of anilines is 1. The molecule has 1 fully saturated rings. The number of hydrogen-bond donors (Lipinski definition) is 0. The largest absolute Gasteiger partial charge is 0.493 e. The Morgan fingerprint density at radius 2 is 1.91 bits per heavy atom. The minimum atomic E-state index is -0.152. The van der Waals surface area contributed by atoms with Gasteiger partial charge in [0.25, 0.3) is 5.91 Å². The minimum absolute atomic E-state index is 0.152. The summed E-state index contributed by atoms with van der Waals surface area (Å²) in [4.78, 5) is 15.2. The van der Waals surface area contributed by atoms with E-state index in [1.54, 1.807) is 12.0 Å². The molecule has 9 heteroatoms. The first-order valence-corrected chi connectivity index (χ1v) is 13.1. The number of halogens is 3. The smallest absolute Gasteiger partial charge is 0.270 e. The number of methoxy groups -OCH3 is 1. The molecule has 0 radical (unpaired) electrons. The molecular formula is C24H16BrClINO3S2. The number of carbonyl (C=O) groups excluding carboxylic acids is 1. The fraction of sp³-hybridized carbons (Fsp3) is 0.0833.